The van der Waals surface area contributed by atoms with Gasteiger partial charge in [-0.15, -0.1) is 12.5 Å². The molecule has 148 valence electrons. The zero-order chi connectivity index (χ0) is 20.7. The third-order valence-electron chi connectivity index (χ3n) is 3.65. The van der Waals surface area contributed by atoms with Crippen LogP contribution in [0.25, 0.3) is 0 Å². The predicted octanol–water partition coefficient (Wildman–Crippen LogP) is 2.68. The van der Waals surface area contributed by atoms with Crippen LogP contribution in [0.1, 0.15) is 32.6 Å². The second-order valence-electron chi connectivity index (χ2n) is 6.13. The Balaban J connectivity index is 4.31. The van der Waals surface area contributed by atoms with E-state index in [-0.39, 0.29) is 30.2 Å². The van der Waals surface area contributed by atoms with Crippen LogP contribution in [0.2, 0.25) is 0 Å². The van der Waals surface area contributed by atoms with Crippen molar-refractivity contribution in [3.63, 3.8) is 0 Å². The highest BCUT2D eigenvalue weighted by Crippen LogP contribution is 2.05. The molecule has 0 rings (SSSR count). The Morgan fingerprint density at radius 2 is 2.07 bits per heavy atom. The van der Waals surface area contributed by atoms with E-state index >= 15 is 0 Å². The van der Waals surface area contributed by atoms with E-state index in [0.717, 1.165) is 6.42 Å². The summed E-state index contributed by atoms with van der Waals surface area (Å²) in [4.78, 5) is 24.9. The average molecular weight is 373 g/mol. The number of nitrogens with zero attached hydrogens (tertiary/aromatic N) is 1. The Kier molecular flexibility index (Phi) is 12.9. The molecule has 1 atom stereocenters. The maximum absolute atomic E-state index is 11.8. The summed E-state index contributed by atoms with van der Waals surface area (Å²) in [5.74, 6) is 6.15. The summed E-state index contributed by atoms with van der Waals surface area (Å²) in [5.41, 5.74) is 0.543. The second-order valence-corrected chi connectivity index (χ2v) is 6.13. The summed E-state index contributed by atoms with van der Waals surface area (Å²) in [7, 11) is 4.89. The Bertz CT molecular complexity index is 637. The van der Waals surface area contributed by atoms with E-state index in [1.54, 1.807) is 38.1 Å². The monoisotopic (exact) mass is 373 g/mol. The quantitative estimate of drug-likeness (QED) is 0.117. The van der Waals surface area contributed by atoms with E-state index < -0.39 is 0 Å². The van der Waals surface area contributed by atoms with E-state index in [0.29, 0.717) is 24.8 Å². The van der Waals surface area contributed by atoms with Crippen molar-refractivity contribution in [1.82, 2.24) is 10.2 Å². The lowest BCUT2D eigenvalue weighted by molar-refractivity contribution is -0.128. The first-order valence-corrected chi connectivity index (χ1v) is 8.85. The summed E-state index contributed by atoms with van der Waals surface area (Å²) in [6.07, 6.45) is 9.90. The van der Waals surface area contributed by atoms with Crippen molar-refractivity contribution in [3.05, 3.63) is 36.5 Å². The van der Waals surface area contributed by atoms with Crippen LogP contribution < -0.4 is 5.32 Å². The fourth-order valence-electron chi connectivity index (χ4n) is 1.85. The highest BCUT2D eigenvalue weighted by atomic mass is 16.5. The number of rotatable bonds is 10. The summed E-state index contributed by atoms with van der Waals surface area (Å²) in [6.45, 7) is 5.57. The van der Waals surface area contributed by atoms with Gasteiger partial charge in [-0.2, -0.15) is 0 Å². The molecule has 2 amide bonds. The van der Waals surface area contributed by atoms with Gasteiger partial charge in [-0.1, -0.05) is 30.2 Å². The van der Waals surface area contributed by atoms with Gasteiger partial charge < -0.3 is 15.0 Å². The second kappa shape index (κ2) is 14.4. The molecule has 0 radical (unpaired) electrons. The van der Waals surface area contributed by atoms with E-state index in [1.807, 2.05) is 12.2 Å². The number of carbonyl (C=O) groups is 2. The summed E-state index contributed by atoms with van der Waals surface area (Å²) >= 11 is 0. The number of nitrogens with one attached hydrogen (secondary N) is 2. The first-order valence-electron chi connectivity index (χ1n) is 8.85. The van der Waals surface area contributed by atoms with Gasteiger partial charge in [0.15, 0.2) is 5.90 Å². The van der Waals surface area contributed by atoms with Crippen LogP contribution in [0, 0.1) is 23.2 Å². The highest BCUT2D eigenvalue weighted by molar-refractivity contribution is 5.95. The summed E-state index contributed by atoms with van der Waals surface area (Å²) < 4.78 is 4.68. The molecular formula is C21H31N3O3. The molecular weight excluding hydrogens is 342 g/mol. The summed E-state index contributed by atoms with van der Waals surface area (Å²) in [6, 6.07) is 0. The molecule has 6 heteroatoms. The number of ether oxygens (including phenoxy) is 1. The largest absolute Gasteiger partial charge is 0.483 e. The molecule has 2 N–H and O–H groups in total. The average Bonchev–Trinajstić information content (AvgIpc) is 2.66. The van der Waals surface area contributed by atoms with Gasteiger partial charge in [-0.05, 0) is 19.8 Å². The predicted molar refractivity (Wildman–Crippen MR) is 109 cm³/mol. The van der Waals surface area contributed by atoms with Crippen molar-refractivity contribution in [3.8, 4) is 11.8 Å². The van der Waals surface area contributed by atoms with E-state index in [9.17, 15) is 9.59 Å². The first kappa shape index (κ1) is 24.2. The fraction of sp³-hybridized carbons (Fsp3) is 0.476. The molecule has 0 aliphatic heterocycles. The van der Waals surface area contributed by atoms with Gasteiger partial charge in [-0.3, -0.25) is 15.0 Å². The van der Waals surface area contributed by atoms with Crippen LogP contribution in [0.5, 0.6) is 0 Å². The molecule has 0 heterocycles. The highest BCUT2D eigenvalue weighted by Gasteiger charge is 2.04. The topological polar surface area (TPSA) is 82.5 Å². The molecule has 0 aromatic heterocycles. The molecule has 0 aliphatic carbocycles. The van der Waals surface area contributed by atoms with E-state index in [4.69, 9.17) is 5.41 Å². The van der Waals surface area contributed by atoms with Crippen LogP contribution in [0.3, 0.4) is 0 Å². The Morgan fingerprint density at radius 3 is 2.67 bits per heavy atom. The minimum atomic E-state index is -0.242. The molecule has 0 saturated heterocycles. The lowest BCUT2D eigenvalue weighted by atomic mass is 10.1. The van der Waals surface area contributed by atoms with Crippen molar-refractivity contribution < 1.29 is 14.3 Å². The number of amides is 2. The van der Waals surface area contributed by atoms with E-state index in [1.165, 1.54) is 7.11 Å². The number of methoxy groups -OCH3 is 1. The van der Waals surface area contributed by atoms with Crippen molar-refractivity contribution in [2.24, 2.45) is 5.92 Å². The molecule has 27 heavy (non-hydrogen) atoms. The Hall–Kier alpha value is -2.81. The lowest BCUT2D eigenvalue weighted by Gasteiger charge is -2.08. The molecule has 0 bridgehead atoms. The van der Waals surface area contributed by atoms with Crippen LogP contribution in [0.4, 0.5) is 0 Å². The van der Waals surface area contributed by atoms with E-state index in [2.05, 4.69) is 28.5 Å². The number of hydrogen-bond donors (Lipinski definition) is 2. The van der Waals surface area contributed by atoms with Crippen molar-refractivity contribution in [2.45, 2.75) is 32.6 Å². The smallest absolute Gasteiger partial charge is 0.247 e. The molecule has 1 unspecified atom stereocenters. The normalized spacial score (nSPS) is 11.9. The van der Waals surface area contributed by atoms with Crippen molar-refractivity contribution in [1.29, 1.82) is 5.41 Å². The Morgan fingerprint density at radius 1 is 1.37 bits per heavy atom. The lowest BCUT2D eigenvalue weighted by Crippen LogP contribution is -2.30. The standard InChI is InChI=1S/C21H31N3O3/c1-6-18(13-8-7-9-15-20(25)24(3)4)14-11-10-12-17(2)21(26)23-16-19(22)27-5/h6,10-12,18,22H,1,7,9,14-16H2,2-5H3,(H,23,26)/b11-10-,17-12+,22-19?. The van der Waals surface area contributed by atoms with Crippen LogP contribution in [-0.4, -0.2) is 50.4 Å². The van der Waals surface area contributed by atoms with Gasteiger partial charge in [0.1, 0.15) is 0 Å². The molecule has 0 aromatic rings. The summed E-state index contributed by atoms with van der Waals surface area (Å²) in [5, 5.41) is 9.91. The SMILES string of the molecule is C=CC(C#CCCCC(=O)N(C)C)C/C=C\C=C(/C)C(=O)NCC(=N)OC. The zero-order valence-electron chi connectivity index (χ0n) is 16.8. The van der Waals surface area contributed by atoms with Gasteiger partial charge >= 0.3 is 0 Å². The van der Waals surface area contributed by atoms with Gasteiger partial charge in [0.05, 0.1) is 13.7 Å². The molecule has 0 saturated carbocycles. The van der Waals surface area contributed by atoms with Gasteiger partial charge in [0.2, 0.25) is 11.8 Å². The minimum absolute atomic E-state index is 0.00479. The number of allylic oxidation sites excluding steroid dienone is 4. The maximum atomic E-state index is 11.8. The zero-order valence-corrected chi connectivity index (χ0v) is 16.8. The molecule has 0 spiro atoms. The van der Waals surface area contributed by atoms with Gasteiger partial charge in [0.25, 0.3) is 0 Å². The third kappa shape index (κ3) is 12.2. The third-order valence-corrected chi connectivity index (χ3v) is 3.65. The number of unbranched alkanes of at least 4 members (excludes halogenated alkanes) is 1. The molecule has 0 fully saturated rings. The minimum Gasteiger partial charge on any atom is -0.483 e. The molecule has 6 nitrogen and oxygen atoms in total. The molecule has 0 aliphatic rings. The maximum Gasteiger partial charge on any atom is 0.247 e. The van der Waals surface area contributed by atoms with Crippen molar-refractivity contribution in [2.75, 3.05) is 27.7 Å². The number of carbonyl (C=O) groups excluding carboxylic acids is 2. The fourth-order valence-corrected chi connectivity index (χ4v) is 1.85. The Labute approximate surface area is 162 Å². The van der Waals surface area contributed by atoms with Gasteiger partial charge in [-0.25, -0.2) is 0 Å². The van der Waals surface area contributed by atoms with Crippen LogP contribution in [0.15, 0.2) is 36.5 Å². The van der Waals surface area contributed by atoms with Crippen LogP contribution in [-0.2, 0) is 14.3 Å². The first-order chi connectivity index (χ1) is 12.8. The van der Waals surface area contributed by atoms with Gasteiger partial charge in [0, 0.05) is 38.4 Å². The number of hydrogen-bond acceptors (Lipinski definition) is 4. The molecule has 0 aromatic carbocycles. The van der Waals surface area contributed by atoms with Crippen molar-refractivity contribution >= 4 is 17.7 Å². The van der Waals surface area contributed by atoms with Crippen LogP contribution >= 0.6 is 0 Å².